The summed E-state index contributed by atoms with van der Waals surface area (Å²) in [6.45, 7) is 2.72. The van der Waals surface area contributed by atoms with E-state index in [1.165, 1.54) is 57.8 Å². The standard InChI is InChI=1S/C41H44O4/c1-2-3-4-5-6-7-8-9-10-11-15-32-44-40(42)37-26-24-35(25-27-37)36-28-30-39(31-29-36)45-41(43)38-22-20-34(21-23-38)19-18-33-16-13-12-14-17-33/h12-14,16-17,20-31H,2-11,15,32H2,1H3. The van der Waals surface area contributed by atoms with Crippen LogP contribution in [-0.4, -0.2) is 18.5 Å². The maximum absolute atomic E-state index is 12.7. The maximum Gasteiger partial charge on any atom is 0.343 e. The number of hydrogen-bond donors (Lipinski definition) is 0. The van der Waals surface area contributed by atoms with E-state index in [0.29, 0.717) is 23.5 Å². The first-order valence-electron chi connectivity index (χ1n) is 16.4. The molecule has 0 radical (unpaired) electrons. The number of benzene rings is 4. The summed E-state index contributed by atoms with van der Waals surface area (Å²) < 4.78 is 11.1. The van der Waals surface area contributed by atoms with Gasteiger partial charge in [0, 0.05) is 11.1 Å². The van der Waals surface area contributed by atoms with E-state index in [1.807, 2.05) is 66.7 Å². The molecule has 4 heteroatoms. The Hall–Kier alpha value is -4.62. The van der Waals surface area contributed by atoms with Gasteiger partial charge in [-0.25, -0.2) is 9.59 Å². The third-order valence-corrected chi connectivity index (χ3v) is 7.75. The summed E-state index contributed by atoms with van der Waals surface area (Å²) in [5, 5.41) is 0. The van der Waals surface area contributed by atoms with Crippen molar-refractivity contribution in [2.75, 3.05) is 6.61 Å². The van der Waals surface area contributed by atoms with E-state index < -0.39 is 5.97 Å². The van der Waals surface area contributed by atoms with Gasteiger partial charge in [-0.05, 0) is 78.2 Å². The SMILES string of the molecule is CCCCCCCCCCCCCOC(=O)c1ccc(-c2ccc(OC(=O)c3ccc(C#Cc4ccccc4)cc3)cc2)cc1. The molecule has 4 aromatic carbocycles. The first kappa shape index (κ1) is 33.3. The molecule has 0 aromatic heterocycles. The molecule has 4 nitrogen and oxygen atoms in total. The van der Waals surface area contributed by atoms with Crippen LogP contribution in [0.3, 0.4) is 0 Å². The molecular weight excluding hydrogens is 556 g/mol. The minimum Gasteiger partial charge on any atom is -0.462 e. The molecule has 0 bridgehead atoms. The Morgan fingerprint density at radius 3 is 1.56 bits per heavy atom. The predicted octanol–water partition coefficient (Wildman–Crippen LogP) is 10.4. The van der Waals surface area contributed by atoms with Crippen LogP contribution in [0.1, 0.15) is 109 Å². The highest BCUT2D eigenvalue weighted by atomic mass is 16.5. The fourth-order valence-electron chi connectivity index (χ4n) is 5.05. The molecule has 0 N–H and O–H groups in total. The number of ether oxygens (including phenoxy) is 2. The van der Waals surface area contributed by atoms with E-state index in [9.17, 15) is 9.59 Å². The summed E-state index contributed by atoms with van der Waals surface area (Å²) >= 11 is 0. The van der Waals surface area contributed by atoms with Crippen LogP contribution >= 0.6 is 0 Å². The number of esters is 2. The van der Waals surface area contributed by atoms with Gasteiger partial charge in [0.1, 0.15) is 5.75 Å². The van der Waals surface area contributed by atoms with Crippen molar-refractivity contribution in [2.24, 2.45) is 0 Å². The number of rotatable bonds is 16. The molecule has 0 unspecified atom stereocenters. The highest BCUT2D eigenvalue weighted by Gasteiger charge is 2.10. The Labute approximate surface area is 268 Å². The van der Waals surface area contributed by atoms with E-state index in [4.69, 9.17) is 9.47 Å². The molecule has 0 fully saturated rings. The predicted molar refractivity (Wildman–Crippen MR) is 182 cm³/mol. The van der Waals surface area contributed by atoms with Gasteiger partial charge in [-0.15, -0.1) is 0 Å². The second kappa shape index (κ2) is 18.9. The van der Waals surface area contributed by atoms with Gasteiger partial charge in [-0.1, -0.05) is 125 Å². The summed E-state index contributed by atoms with van der Waals surface area (Å²) in [7, 11) is 0. The van der Waals surface area contributed by atoms with E-state index in [2.05, 4.69) is 18.8 Å². The lowest BCUT2D eigenvalue weighted by molar-refractivity contribution is 0.0497. The van der Waals surface area contributed by atoms with Crippen LogP contribution in [0.2, 0.25) is 0 Å². The van der Waals surface area contributed by atoms with Crippen molar-refractivity contribution < 1.29 is 19.1 Å². The Bertz CT molecular complexity index is 1510. The third-order valence-electron chi connectivity index (χ3n) is 7.75. The summed E-state index contributed by atoms with van der Waals surface area (Å²) in [5.41, 5.74) is 4.68. The molecule has 0 aliphatic carbocycles. The summed E-state index contributed by atoms with van der Waals surface area (Å²) in [6, 6.07) is 31.5. The quantitative estimate of drug-likeness (QED) is 0.0556. The Kier molecular flexibility index (Phi) is 14.0. The zero-order valence-electron chi connectivity index (χ0n) is 26.4. The van der Waals surface area contributed by atoms with Gasteiger partial charge in [-0.2, -0.15) is 0 Å². The molecule has 0 atom stereocenters. The molecule has 0 aliphatic rings. The van der Waals surface area contributed by atoms with Crippen LogP contribution in [0.15, 0.2) is 103 Å². The van der Waals surface area contributed by atoms with Crippen molar-refractivity contribution >= 4 is 11.9 Å². The molecule has 4 aromatic rings. The van der Waals surface area contributed by atoms with Gasteiger partial charge in [0.15, 0.2) is 0 Å². The van der Waals surface area contributed by atoms with Crippen molar-refractivity contribution in [1.82, 2.24) is 0 Å². The van der Waals surface area contributed by atoms with Gasteiger partial charge in [0.25, 0.3) is 0 Å². The molecule has 4 rings (SSSR count). The Morgan fingerprint density at radius 2 is 0.978 bits per heavy atom. The Balaban J connectivity index is 1.16. The minimum atomic E-state index is -0.429. The van der Waals surface area contributed by atoms with Gasteiger partial charge >= 0.3 is 11.9 Å². The third kappa shape index (κ3) is 11.8. The number of carbonyl (C=O) groups is 2. The van der Waals surface area contributed by atoms with Gasteiger partial charge in [0.05, 0.1) is 17.7 Å². The zero-order valence-corrected chi connectivity index (χ0v) is 26.4. The first-order valence-corrected chi connectivity index (χ1v) is 16.4. The smallest absolute Gasteiger partial charge is 0.343 e. The summed E-state index contributed by atoms with van der Waals surface area (Å²) in [5.74, 6) is 5.96. The number of hydrogen-bond acceptors (Lipinski definition) is 4. The fraction of sp³-hybridized carbons (Fsp3) is 0.317. The van der Waals surface area contributed by atoms with Crippen LogP contribution in [0, 0.1) is 11.8 Å². The van der Waals surface area contributed by atoms with E-state index in [1.54, 1.807) is 36.4 Å². The molecule has 232 valence electrons. The second-order valence-corrected chi connectivity index (χ2v) is 11.4. The summed E-state index contributed by atoms with van der Waals surface area (Å²) in [4.78, 5) is 25.1. The molecular formula is C41H44O4. The molecule has 0 heterocycles. The average Bonchev–Trinajstić information content (AvgIpc) is 3.09. The summed E-state index contributed by atoms with van der Waals surface area (Å²) in [6.07, 6.45) is 13.9. The van der Waals surface area contributed by atoms with Gasteiger partial charge in [-0.3, -0.25) is 0 Å². The van der Waals surface area contributed by atoms with E-state index in [0.717, 1.165) is 35.1 Å². The van der Waals surface area contributed by atoms with Crippen molar-refractivity contribution in [3.05, 3.63) is 125 Å². The normalized spacial score (nSPS) is 10.5. The molecule has 0 amide bonds. The van der Waals surface area contributed by atoms with Crippen LogP contribution < -0.4 is 4.74 Å². The van der Waals surface area contributed by atoms with E-state index >= 15 is 0 Å². The molecule has 0 saturated carbocycles. The number of unbranched alkanes of at least 4 members (excludes halogenated alkanes) is 10. The van der Waals surface area contributed by atoms with Gasteiger partial charge in [0.2, 0.25) is 0 Å². The topological polar surface area (TPSA) is 52.6 Å². The van der Waals surface area contributed by atoms with Crippen molar-refractivity contribution in [1.29, 1.82) is 0 Å². The minimum absolute atomic E-state index is 0.285. The Morgan fingerprint density at radius 1 is 0.511 bits per heavy atom. The lowest BCUT2D eigenvalue weighted by atomic mass is 10.0. The lowest BCUT2D eigenvalue weighted by Crippen LogP contribution is -2.08. The lowest BCUT2D eigenvalue weighted by Gasteiger charge is -2.08. The van der Waals surface area contributed by atoms with E-state index in [-0.39, 0.29) is 5.97 Å². The molecule has 0 aliphatic heterocycles. The zero-order chi connectivity index (χ0) is 31.5. The van der Waals surface area contributed by atoms with Crippen LogP contribution in [-0.2, 0) is 4.74 Å². The van der Waals surface area contributed by atoms with Crippen LogP contribution in [0.25, 0.3) is 11.1 Å². The highest BCUT2D eigenvalue weighted by Crippen LogP contribution is 2.24. The van der Waals surface area contributed by atoms with Crippen molar-refractivity contribution in [3.8, 4) is 28.7 Å². The highest BCUT2D eigenvalue weighted by molar-refractivity contribution is 5.91. The van der Waals surface area contributed by atoms with Crippen LogP contribution in [0.5, 0.6) is 5.75 Å². The molecule has 0 saturated heterocycles. The van der Waals surface area contributed by atoms with Gasteiger partial charge < -0.3 is 9.47 Å². The fourth-order valence-corrected chi connectivity index (χ4v) is 5.05. The first-order chi connectivity index (χ1) is 22.1. The van der Waals surface area contributed by atoms with Crippen molar-refractivity contribution in [2.45, 2.75) is 77.6 Å². The average molecular weight is 601 g/mol. The van der Waals surface area contributed by atoms with Crippen molar-refractivity contribution in [3.63, 3.8) is 0 Å². The largest absolute Gasteiger partial charge is 0.462 e. The second-order valence-electron chi connectivity index (χ2n) is 11.4. The molecule has 45 heavy (non-hydrogen) atoms. The monoisotopic (exact) mass is 600 g/mol. The maximum atomic E-state index is 12.7. The van der Waals surface area contributed by atoms with Crippen LogP contribution in [0.4, 0.5) is 0 Å². The molecule has 0 spiro atoms. The number of carbonyl (C=O) groups excluding carboxylic acids is 2.